The molecule has 2 aromatic carbocycles. The van der Waals surface area contributed by atoms with Gasteiger partial charge in [0.1, 0.15) is 18.1 Å². The molecule has 0 amide bonds. The lowest BCUT2D eigenvalue weighted by molar-refractivity contribution is 0.101. The number of rotatable bonds is 4. The largest absolute Gasteiger partial charge is 0.489 e. The molecular formula is C19H15ClO3. The molecule has 0 saturated carbocycles. The molecule has 23 heavy (non-hydrogen) atoms. The molecule has 0 fully saturated rings. The smallest absolute Gasteiger partial charge is 0.231 e. The van der Waals surface area contributed by atoms with E-state index in [2.05, 4.69) is 6.58 Å². The van der Waals surface area contributed by atoms with Crippen molar-refractivity contribution in [2.24, 2.45) is 0 Å². The summed E-state index contributed by atoms with van der Waals surface area (Å²) in [5.74, 6) is 1.22. The zero-order valence-electron chi connectivity index (χ0n) is 12.6. The minimum atomic E-state index is -0.161. The third-order valence-corrected chi connectivity index (χ3v) is 3.66. The van der Waals surface area contributed by atoms with Crippen molar-refractivity contribution in [1.29, 1.82) is 0 Å². The summed E-state index contributed by atoms with van der Waals surface area (Å²) in [5, 5.41) is 0.567. The molecule has 0 N–H and O–H groups in total. The average molecular weight is 327 g/mol. The molecule has 1 heterocycles. The second-order valence-electron chi connectivity index (χ2n) is 5.37. The van der Waals surface area contributed by atoms with Crippen molar-refractivity contribution in [3.05, 3.63) is 76.5 Å². The second kappa shape index (κ2) is 6.31. The summed E-state index contributed by atoms with van der Waals surface area (Å²) in [6.45, 7) is 6.10. The standard InChI is InChI=1S/C19H15ClO3/c1-12(2)11-22-14-7-8-15-17(10-14)23-18(19(15)21)9-13-5-3-4-6-16(13)20/h3-10H,1,11H2,2H3. The van der Waals surface area contributed by atoms with Crippen LogP contribution in [0.3, 0.4) is 0 Å². The van der Waals surface area contributed by atoms with Gasteiger partial charge < -0.3 is 9.47 Å². The van der Waals surface area contributed by atoms with Crippen molar-refractivity contribution in [3.8, 4) is 11.5 Å². The molecule has 0 bridgehead atoms. The number of carbonyl (C=O) groups excluding carboxylic acids is 1. The van der Waals surface area contributed by atoms with E-state index in [0.717, 1.165) is 11.1 Å². The van der Waals surface area contributed by atoms with Crippen LogP contribution in [0.5, 0.6) is 11.5 Å². The molecule has 1 aliphatic heterocycles. The summed E-state index contributed by atoms with van der Waals surface area (Å²) in [5.41, 5.74) is 2.18. The summed E-state index contributed by atoms with van der Waals surface area (Å²) in [6, 6.07) is 12.5. The van der Waals surface area contributed by atoms with Crippen molar-refractivity contribution >= 4 is 23.5 Å². The minimum absolute atomic E-state index is 0.161. The maximum Gasteiger partial charge on any atom is 0.231 e. The SMILES string of the molecule is C=C(C)COc1ccc2c(c1)OC(=Cc1ccccc1Cl)C2=O. The van der Waals surface area contributed by atoms with E-state index in [-0.39, 0.29) is 11.5 Å². The van der Waals surface area contributed by atoms with E-state index < -0.39 is 0 Å². The Hall–Kier alpha value is -2.52. The lowest BCUT2D eigenvalue weighted by Crippen LogP contribution is -1.98. The number of fused-ring (bicyclic) bond motifs is 1. The van der Waals surface area contributed by atoms with Gasteiger partial charge in [0.2, 0.25) is 5.78 Å². The van der Waals surface area contributed by atoms with Gasteiger partial charge in [-0.15, -0.1) is 0 Å². The first-order chi connectivity index (χ1) is 11.0. The number of benzene rings is 2. The van der Waals surface area contributed by atoms with Gasteiger partial charge in [-0.05, 0) is 42.3 Å². The number of ether oxygens (including phenoxy) is 2. The third kappa shape index (κ3) is 3.30. The van der Waals surface area contributed by atoms with Crippen molar-refractivity contribution in [3.63, 3.8) is 0 Å². The van der Waals surface area contributed by atoms with Crippen molar-refractivity contribution in [2.45, 2.75) is 6.92 Å². The molecule has 116 valence electrons. The van der Waals surface area contributed by atoms with Crippen LogP contribution in [0, 0.1) is 0 Å². The highest BCUT2D eigenvalue weighted by molar-refractivity contribution is 6.32. The van der Waals surface area contributed by atoms with E-state index in [1.54, 1.807) is 30.3 Å². The Kier molecular flexibility index (Phi) is 4.22. The maximum atomic E-state index is 12.4. The van der Waals surface area contributed by atoms with Gasteiger partial charge in [-0.1, -0.05) is 36.4 Å². The summed E-state index contributed by atoms with van der Waals surface area (Å²) in [6.07, 6.45) is 1.65. The predicted octanol–water partition coefficient (Wildman–Crippen LogP) is 4.91. The molecule has 4 heteroatoms. The van der Waals surface area contributed by atoms with Crippen LogP contribution in [0.4, 0.5) is 0 Å². The lowest BCUT2D eigenvalue weighted by Gasteiger charge is -2.06. The van der Waals surface area contributed by atoms with E-state index in [0.29, 0.717) is 28.7 Å². The Morgan fingerprint density at radius 1 is 1.30 bits per heavy atom. The monoisotopic (exact) mass is 326 g/mol. The first-order valence-corrected chi connectivity index (χ1v) is 7.52. The third-order valence-electron chi connectivity index (χ3n) is 3.32. The normalized spacial score (nSPS) is 14.5. The average Bonchev–Trinajstić information content (AvgIpc) is 2.83. The lowest BCUT2D eigenvalue weighted by atomic mass is 10.1. The van der Waals surface area contributed by atoms with Crippen LogP contribution in [0.1, 0.15) is 22.8 Å². The highest BCUT2D eigenvalue weighted by Crippen LogP contribution is 2.35. The van der Waals surface area contributed by atoms with Crippen LogP contribution in [0.25, 0.3) is 6.08 Å². The fourth-order valence-corrected chi connectivity index (χ4v) is 2.39. The van der Waals surface area contributed by atoms with Crippen LogP contribution >= 0.6 is 11.6 Å². The highest BCUT2D eigenvalue weighted by atomic mass is 35.5. The summed E-state index contributed by atoms with van der Waals surface area (Å²) in [4.78, 5) is 12.4. The van der Waals surface area contributed by atoms with Gasteiger partial charge in [-0.3, -0.25) is 4.79 Å². The molecular weight excluding hydrogens is 312 g/mol. The Bertz CT molecular complexity index is 821. The molecule has 0 radical (unpaired) electrons. The number of halogens is 1. The van der Waals surface area contributed by atoms with Crippen LogP contribution in [-0.4, -0.2) is 12.4 Å². The van der Waals surface area contributed by atoms with Gasteiger partial charge in [-0.25, -0.2) is 0 Å². The number of hydrogen-bond acceptors (Lipinski definition) is 3. The zero-order chi connectivity index (χ0) is 16.4. The Balaban J connectivity index is 1.87. The molecule has 0 aromatic heterocycles. The summed E-state index contributed by atoms with van der Waals surface area (Å²) >= 11 is 6.12. The minimum Gasteiger partial charge on any atom is -0.489 e. The molecule has 0 saturated heterocycles. The topological polar surface area (TPSA) is 35.5 Å². The fraction of sp³-hybridized carbons (Fsp3) is 0.105. The van der Waals surface area contributed by atoms with E-state index >= 15 is 0 Å². The number of allylic oxidation sites excluding steroid dienone is 1. The predicted molar refractivity (Wildman–Crippen MR) is 91.1 cm³/mol. The Labute approximate surface area is 139 Å². The van der Waals surface area contributed by atoms with Crippen molar-refractivity contribution < 1.29 is 14.3 Å². The molecule has 0 atom stereocenters. The molecule has 0 spiro atoms. The van der Waals surface area contributed by atoms with Crippen LogP contribution in [0.15, 0.2) is 60.4 Å². The zero-order valence-corrected chi connectivity index (χ0v) is 13.4. The molecule has 2 aromatic rings. The molecule has 3 rings (SSSR count). The Morgan fingerprint density at radius 2 is 2.09 bits per heavy atom. The maximum absolute atomic E-state index is 12.4. The number of hydrogen-bond donors (Lipinski definition) is 0. The van der Waals surface area contributed by atoms with Gasteiger partial charge in [0, 0.05) is 11.1 Å². The fourth-order valence-electron chi connectivity index (χ4n) is 2.20. The van der Waals surface area contributed by atoms with E-state index in [1.165, 1.54) is 0 Å². The molecule has 0 aliphatic carbocycles. The molecule has 1 aliphatic rings. The van der Waals surface area contributed by atoms with Crippen molar-refractivity contribution in [1.82, 2.24) is 0 Å². The number of carbonyl (C=O) groups is 1. The van der Waals surface area contributed by atoms with Gasteiger partial charge in [-0.2, -0.15) is 0 Å². The van der Waals surface area contributed by atoms with E-state index in [4.69, 9.17) is 21.1 Å². The van der Waals surface area contributed by atoms with Gasteiger partial charge in [0.25, 0.3) is 0 Å². The summed E-state index contributed by atoms with van der Waals surface area (Å²) < 4.78 is 11.2. The Morgan fingerprint density at radius 3 is 2.83 bits per heavy atom. The molecule has 3 nitrogen and oxygen atoms in total. The van der Waals surface area contributed by atoms with Gasteiger partial charge >= 0.3 is 0 Å². The van der Waals surface area contributed by atoms with E-state index in [1.807, 2.05) is 25.1 Å². The van der Waals surface area contributed by atoms with E-state index in [9.17, 15) is 4.79 Å². The highest BCUT2D eigenvalue weighted by Gasteiger charge is 2.27. The second-order valence-corrected chi connectivity index (χ2v) is 5.77. The van der Waals surface area contributed by atoms with Crippen LogP contribution in [0.2, 0.25) is 5.02 Å². The van der Waals surface area contributed by atoms with Crippen molar-refractivity contribution in [2.75, 3.05) is 6.61 Å². The quantitative estimate of drug-likeness (QED) is 0.591. The van der Waals surface area contributed by atoms with Gasteiger partial charge in [0.15, 0.2) is 5.76 Å². The summed E-state index contributed by atoms with van der Waals surface area (Å²) in [7, 11) is 0. The van der Waals surface area contributed by atoms with Gasteiger partial charge in [0.05, 0.1) is 5.56 Å². The number of Topliss-reactive ketones (excluding diaryl/α,β-unsaturated/α-hetero) is 1. The van der Waals surface area contributed by atoms with Crippen LogP contribution < -0.4 is 9.47 Å². The first kappa shape index (κ1) is 15.4. The van der Waals surface area contributed by atoms with Crippen LogP contribution in [-0.2, 0) is 0 Å². The molecule has 0 unspecified atom stereocenters. The first-order valence-electron chi connectivity index (χ1n) is 7.14. The number of ketones is 1.